The van der Waals surface area contributed by atoms with E-state index in [1.54, 1.807) is 11.3 Å². The molecule has 0 aliphatic rings. The summed E-state index contributed by atoms with van der Waals surface area (Å²) in [6.45, 7) is 4.17. The van der Waals surface area contributed by atoms with Gasteiger partial charge in [-0.1, -0.05) is 12.1 Å². The second-order valence-corrected chi connectivity index (χ2v) is 6.04. The van der Waals surface area contributed by atoms with Gasteiger partial charge >= 0.3 is 0 Å². The number of anilines is 1. The summed E-state index contributed by atoms with van der Waals surface area (Å²) in [5.41, 5.74) is 4.53. The molecule has 1 atom stereocenters. The molecular weight excluding hydrogens is 278 g/mol. The summed E-state index contributed by atoms with van der Waals surface area (Å²) in [5, 5.41) is 6.69. The molecule has 0 aliphatic carbocycles. The Labute approximate surface area is 128 Å². The number of nitrogens with one attached hydrogen (secondary N) is 1. The van der Waals surface area contributed by atoms with E-state index in [2.05, 4.69) is 51.9 Å². The van der Waals surface area contributed by atoms with Crippen LogP contribution in [0.4, 0.5) is 5.69 Å². The van der Waals surface area contributed by atoms with Crippen molar-refractivity contribution in [3.63, 3.8) is 0 Å². The molecule has 3 nitrogen and oxygen atoms in total. The van der Waals surface area contributed by atoms with Gasteiger partial charge in [0.2, 0.25) is 0 Å². The summed E-state index contributed by atoms with van der Waals surface area (Å²) >= 11 is 1.68. The average Bonchev–Trinajstić information content (AvgIpc) is 2.95. The third kappa shape index (κ3) is 3.28. The van der Waals surface area contributed by atoms with Gasteiger partial charge in [-0.3, -0.25) is 4.98 Å². The number of thiazole rings is 1. The van der Waals surface area contributed by atoms with Crippen molar-refractivity contribution in [3.8, 4) is 11.3 Å². The van der Waals surface area contributed by atoms with E-state index in [0.717, 1.165) is 22.0 Å². The molecule has 106 valence electrons. The van der Waals surface area contributed by atoms with E-state index in [9.17, 15) is 0 Å². The zero-order valence-electron chi connectivity index (χ0n) is 12.1. The monoisotopic (exact) mass is 295 g/mol. The Morgan fingerprint density at radius 3 is 2.38 bits per heavy atom. The Hall–Kier alpha value is -2.20. The maximum Gasteiger partial charge on any atom is 0.0901 e. The molecule has 21 heavy (non-hydrogen) atoms. The standard InChI is InChI=1S/C17H17N3S/c1-12(14-7-9-18-10-8-14)19-16-5-3-15(4-6-16)17-11-21-13(2)20-17/h3-12,19H,1-2H3. The number of hydrogen-bond acceptors (Lipinski definition) is 4. The maximum atomic E-state index is 4.51. The van der Waals surface area contributed by atoms with Gasteiger partial charge in [0, 0.05) is 35.1 Å². The predicted molar refractivity (Wildman–Crippen MR) is 88.6 cm³/mol. The van der Waals surface area contributed by atoms with E-state index >= 15 is 0 Å². The third-order valence-electron chi connectivity index (χ3n) is 3.39. The molecule has 3 aromatic rings. The highest BCUT2D eigenvalue weighted by atomic mass is 32.1. The first-order chi connectivity index (χ1) is 10.2. The lowest BCUT2D eigenvalue weighted by Gasteiger charge is -2.15. The molecule has 0 spiro atoms. The van der Waals surface area contributed by atoms with Crippen LogP contribution in [0.25, 0.3) is 11.3 Å². The smallest absolute Gasteiger partial charge is 0.0901 e. The van der Waals surface area contributed by atoms with Crippen LogP contribution in [-0.4, -0.2) is 9.97 Å². The molecule has 3 rings (SSSR count). The summed E-state index contributed by atoms with van der Waals surface area (Å²) in [7, 11) is 0. The lowest BCUT2D eigenvalue weighted by Crippen LogP contribution is -2.06. The van der Waals surface area contributed by atoms with Crippen molar-refractivity contribution in [2.75, 3.05) is 5.32 Å². The third-order valence-corrected chi connectivity index (χ3v) is 4.16. The second-order valence-electron chi connectivity index (χ2n) is 4.98. The van der Waals surface area contributed by atoms with Gasteiger partial charge in [0.15, 0.2) is 0 Å². The molecule has 0 aliphatic heterocycles. The first kappa shape index (κ1) is 13.8. The first-order valence-electron chi connectivity index (χ1n) is 6.91. The Bertz CT molecular complexity index is 704. The molecule has 1 N–H and O–H groups in total. The molecule has 0 saturated carbocycles. The molecule has 0 bridgehead atoms. The summed E-state index contributed by atoms with van der Waals surface area (Å²) in [5.74, 6) is 0. The van der Waals surface area contributed by atoms with Gasteiger partial charge in [0.1, 0.15) is 0 Å². The summed E-state index contributed by atoms with van der Waals surface area (Å²) in [6.07, 6.45) is 3.64. The van der Waals surface area contributed by atoms with Crippen molar-refractivity contribution in [1.82, 2.24) is 9.97 Å². The van der Waals surface area contributed by atoms with Gasteiger partial charge in [-0.05, 0) is 43.7 Å². The van der Waals surface area contributed by atoms with E-state index in [1.165, 1.54) is 5.56 Å². The first-order valence-corrected chi connectivity index (χ1v) is 7.79. The minimum Gasteiger partial charge on any atom is -0.379 e. The van der Waals surface area contributed by atoms with Crippen molar-refractivity contribution in [2.24, 2.45) is 0 Å². The highest BCUT2D eigenvalue weighted by Gasteiger charge is 2.06. The second kappa shape index (κ2) is 6.06. The van der Waals surface area contributed by atoms with E-state index in [1.807, 2.05) is 31.5 Å². The van der Waals surface area contributed by atoms with Crippen molar-refractivity contribution >= 4 is 17.0 Å². The molecule has 1 aromatic carbocycles. The van der Waals surface area contributed by atoms with Crippen LogP contribution in [0.1, 0.15) is 23.5 Å². The highest BCUT2D eigenvalue weighted by molar-refractivity contribution is 7.09. The van der Waals surface area contributed by atoms with Gasteiger partial charge in [-0.25, -0.2) is 4.98 Å². The van der Waals surface area contributed by atoms with Gasteiger partial charge in [0.25, 0.3) is 0 Å². The van der Waals surface area contributed by atoms with Crippen LogP contribution in [-0.2, 0) is 0 Å². The fraction of sp³-hybridized carbons (Fsp3) is 0.176. The van der Waals surface area contributed by atoms with Crippen LogP contribution in [0.2, 0.25) is 0 Å². The topological polar surface area (TPSA) is 37.8 Å². The van der Waals surface area contributed by atoms with Crippen LogP contribution in [0.3, 0.4) is 0 Å². The quantitative estimate of drug-likeness (QED) is 0.759. The van der Waals surface area contributed by atoms with Crippen LogP contribution >= 0.6 is 11.3 Å². The zero-order chi connectivity index (χ0) is 14.7. The predicted octanol–water partition coefficient (Wildman–Crippen LogP) is 4.69. The summed E-state index contributed by atoms with van der Waals surface area (Å²) in [6, 6.07) is 12.7. The van der Waals surface area contributed by atoms with Crippen LogP contribution in [0.15, 0.2) is 54.2 Å². The molecule has 1 unspecified atom stereocenters. The van der Waals surface area contributed by atoms with Gasteiger partial charge < -0.3 is 5.32 Å². The zero-order valence-corrected chi connectivity index (χ0v) is 12.9. The number of aryl methyl sites for hydroxylation is 1. The van der Waals surface area contributed by atoms with Crippen LogP contribution in [0, 0.1) is 6.92 Å². The Morgan fingerprint density at radius 1 is 1.05 bits per heavy atom. The molecule has 0 fully saturated rings. The molecular formula is C17H17N3S. The van der Waals surface area contributed by atoms with Gasteiger partial charge in [-0.2, -0.15) is 0 Å². The fourth-order valence-corrected chi connectivity index (χ4v) is 2.84. The highest BCUT2D eigenvalue weighted by Crippen LogP contribution is 2.24. The largest absolute Gasteiger partial charge is 0.379 e. The summed E-state index contributed by atoms with van der Waals surface area (Å²) < 4.78 is 0. The lowest BCUT2D eigenvalue weighted by atomic mass is 10.1. The van der Waals surface area contributed by atoms with Gasteiger partial charge in [-0.15, -0.1) is 11.3 Å². The SMILES string of the molecule is Cc1nc(-c2ccc(NC(C)c3ccncc3)cc2)cs1. The molecule has 0 saturated heterocycles. The van der Waals surface area contributed by atoms with Crippen molar-refractivity contribution in [2.45, 2.75) is 19.9 Å². The molecule has 0 radical (unpaired) electrons. The lowest BCUT2D eigenvalue weighted by molar-refractivity contribution is 0.881. The van der Waals surface area contributed by atoms with Crippen LogP contribution < -0.4 is 5.32 Å². The number of nitrogens with zero attached hydrogens (tertiary/aromatic N) is 2. The molecule has 2 aromatic heterocycles. The van der Waals surface area contributed by atoms with E-state index in [0.29, 0.717) is 0 Å². The fourth-order valence-electron chi connectivity index (χ4n) is 2.22. The Kier molecular flexibility index (Phi) is 3.97. The number of hydrogen-bond donors (Lipinski definition) is 1. The normalized spacial score (nSPS) is 12.1. The minimum absolute atomic E-state index is 0.250. The van der Waals surface area contributed by atoms with Crippen molar-refractivity contribution < 1.29 is 0 Å². The van der Waals surface area contributed by atoms with E-state index in [4.69, 9.17) is 0 Å². The number of benzene rings is 1. The van der Waals surface area contributed by atoms with E-state index < -0.39 is 0 Å². The minimum atomic E-state index is 0.250. The Balaban J connectivity index is 1.73. The molecule has 4 heteroatoms. The van der Waals surface area contributed by atoms with Crippen molar-refractivity contribution in [3.05, 3.63) is 64.7 Å². The Morgan fingerprint density at radius 2 is 1.76 bits per heavy atom. The molecule has 2 heterocycles. The van der Waals surface area contributed by atoms with Crippen molar-refractivity contribution in [1.29, 1.82) is 0 Å². The van der Waals surface area contributed by atoms with E-state index in [-0.39, 0.29) is 6.04 Å². The summed E-state index contributed by atoms with van der Waals surface area (Å²) in [4.78, 5) is 8.56. The average molecular weight is 295 g/mol. The number of rotatable bonds is 4. The number of pyridine rings is 1. The van der Waals surface area contributed by atoms with Gasteiger partial charge in [0.05, 0.1) is 10.7 Å². The molecule has 0 amide bonds. The maximum absolute atomic E-state index is 4.51. The number of aromatic nitrogens is 2. The van der Waals surface area contributed by atoms with Crippen LogP contribution in [0.5, 0.6) is 0 Å².